The van der Waals surface area contributed by atoms with Crippen LogP contribution >= 0.6 is 0 Å². The Bertz CT molecular complexity index is 1390. The molecule has 5 rings (SSSR count). The predicted octanol–water partition coefficient (Wildman–Crippen LogP) is 3.55. The van der Waals surface area contributed by atoms with Crippen LogP contribution in [0.15, 0.2) is 78.9 Å². The van der Waals surface area contributed by atoms with Crippen LogP contribution in [-0.4, -0.2) is 30.7 Å². The monoisotopic (exact) mass is 486 g/mol. The van der Waals surface area contributed by atoms with E-state index in [-0.39, 0.29) is 17.0 Å². The zero-order valence-corrected chi connectivity index (χ0v) is 19.6. The number of nitrogens with zero attached hydrogens (tertiary/aromatic N) is 1. The van der Waals surface area contributed by atoms with E-state index in [9.17, 15) is 19.2 Å². The summed E-state index contributed by atoms with van der Waals surface area (Å²) in [6.07, 6.45) is 0. The summed E-state index contributed by atoms with van der Waals surface area (Å²) in [6, 6.07) is 19.7. The molecule has 0 aliphatic carbocycles. The van der Waals surface area contributed by atoms with Gasteiger partial charge < -0.3 is 4.74 Å². The number of imide groups is 1. The number of hydrogen-bond donors (Lipinski definition) is 1. The Morgan fingerprint density at radius 3 is 2.31 bits per heavy atom. The molecule has 182 valence electrons. The number of carbonyl (C=O) groups excluding carboxylic acids is 4. The summed E-state index contributed by atoms with van der Waals surface area (Å²) >= 11 is 0. The number of esters is 1. The molecule has 4 atom stereocenters. The minimum atomic E-state index is -1.74. The topological polar surface area (TPSA) is 92.8 Å². The molecule has 0 saturated carbocycles. The number of fused-ring (bicyclic) bond motifs is 1. The van der Waals surface area contributed by atoms with Gasteiger partial charge >= 0.3 is 5.97 Å². The molecule has 0 radical (unpaired) electrons. The first kappa shape index (κ1) is 23.6. The molecule has 2 heterocycles. The SMILES string of the molecule is COC(=O)[C@]1(c2ccccc2)N[C@H](c2ccccc2F)[C@H]2C(=O)N(c3cccc(C(C)=O)c3)C(=O)[C@@H]21. The average Bonchev–Trinajstić information content (AvgIpc) is 3.38. The number of hydrogen-bond acceptors (Lipinski definition) is 6. The molecule has 0 aromatic heterocycles. The van der Waals surface area contributed by atoms with Gasteiger partial charge in [0.25, 0.3) is 0 Å². The highest BCUT2D eigenvalue weighted by atomic mass is 19.1. The summed E-state index contributed by atoms with van der Waals surface area (Å²) in [5.41, 5.74) is -0.615. The molecule has 3 aromatic rings. The number of nitrogens with one attached hydrogen (secondary N) is 1. The Morgan fingerprint density at radius 2 is 1.64 bits per heavy atom. The number of carbonyl (C=O) groups is 4. The second-order valence-corrected chi connectivity index (χ2v) is 8.93. The van der Waals surface area contributed by atoms with Crippen molar-refractivity contribution in [1.29, 1.82) is 0 Å². The molecule has 0 bridgehead atoms. The summed E-state index contributed by atoms with van der Waals surface area (Å²) in [5, 5.41) is 3.16. The van der Waals surface area contributed by atoms with Gasteiger partial charge in [-0.2, -0.15) is 0 Å². The van der Waals surface area contributed by atoms with Gasteiger partial charge in [0.05, 0.1) is 24.6 Å². The van der Waals surface area contributed by atoms with Crippen molar-refractivity contribution in [3.8, 4) is 0 Å². The molecule has 36 heavy (non-hydrogen) atoms. The first-order valence-corrected chi connectivity index (χ1v) is 11.5. The lowest BCUT2D eigenvalue weighted by molar-refractivity contribution is -0.152. The molecule has 8 heteroatoms. The van der Waals surface area contributed by atoms with Gasteiger partial charge in [0.2, 0.25) is 11.8 Å². The fourth-order valence-corrected chi connectivity index (χ4v) is 5.45. The van der Waals surface area contributed by atoms with Crippen LogP contribution in [0.4, 0.5) is 10.1 Å². The zero-order valence-electron chi connectivity index (χ0n) is 19.6. The average molecular weight is 486 g/mol. The quantitative estimate of drug-likeness (QED) is 0.337. The maximum atomic E-state index is 15.0. The van der Waals surface area contributed by atoms with Crippen molar-refractivity contribution in [2.45, 2.75) is 18.5 Å². The number of ketones is 1. The van der Waals surface area contributed by atoms with Crippen molar-refractivity contribution in [3.05, 3.63) is 101 Å². The lowest BCUT2D eigenvalue weighted by Gasteiger charge is -2.33. The van der Waals surface area contributed by atoms with Gasteiger partial charge in [-0.15, -0.1) is 0 Å². The van der Waals surface area contributed by atoms with Gasteiger partial charge in [0.1, 0.15) is 5.82 Å². The predicted molar refractivity (Wildman–Crippen MR) is 128 cm³/mol. The minimum absolute atomic E-state index is 0.162. The van der Waals surface area contributed by atoms with E-state index >= 15 is 4.39 Å². The molecule has 0 spiro atoms. The van der Waals surface area contributed by atoms with E-state index in [1.807, 2.05) is 0 Å². The summed E-state index contributed by atoms with van der Waals surface area (Å²) < 4.78 is 20.2. The number of halogens is 1. The zero-order chi connectivity index (χ0) is 25.6. The largest absolute Gasteiger partial charge is 0.467 e. The van der Waals surface area contributed by atoms with Crippen LogP contribution in [0.5, 0.6) is 0 Å². The highest BCUT2D eigenvalue weighted by Gasteiger charge is 2.70. The molecule has 2 fully saturated rings. The fraction of sp³-hybridized carbons (Fsp3) is 0.214. The molecular weight excluding hydrogens is 463 g/mol. The number of ether oxygens (including phenoxy) is 1. The van der Waals surface area contributed by atoms with Crippen LogP contribution in [0.25, 0.3) is 0 Å². The van der Waals surface area contributed by atoms with Crippen LogP contribution in [0.1, 0.15) is 34.5 Å². The molecule has 0 unspecified atom stereocenters. The number of methoxy groups -OCH3 is 1. The standard InChI is InChI=1S/C28H23FN2O5/c1-16(32)17-9-8-12-19(15-17)31-25(33)22-23(26(31)34)28(27(35)36-2,18-10-4-3-5-11-18)30-24(22)20-13-6-7-14-21(20)29/h3-15,22-24,30H,1-2H3/t22-,23+,24+,28+/m0/s1. The van der Waals surface area contributed by atoms with Crippen LogP contribution in [-0.2, 0) is 24.7 Å². The number of Topliss-reactive ketones (excluding diaryl/α,β-unsaturated/α-hetero) is 1. The Kier molecular flexibility index (Phi) is 5.76. The van der Waals surface area contributed by atoms with Crippen LogP contribution in [0, 0.1) is 17.7 Å². The summed E-state index contributed by atoms with van der Waals surface area (Å²) in [7, 11) is 1.20. The van der Waals surface area contributed by atoms with Crippen molar-refractivity contribution in [1.82, 2.24) is 5.32 Å². The van der Waals surface area contributed by atoms with Crippen LogP contribution in [0.3, 0.4) is 0 Å². The van der Waals surface area contributed by atoms with Crippen LogP contribution < -0.4 is 10.2 Å². The van der Waals surface area contributed by atoms with Gasteiger partial charge in [0, 0.05) is 17.2 Å². The van der Waals surface area contributed by atoms with Crippen molar-refractivity contribution >= 4 is 29.3 Å². The van der Waals surface area contributed by atoms with Crippen molar-refractivity contribution in [2.24, 2.45) is 11.8 Å². The van der Waals surface area contributed by atoms with Crippen molar-refractivity contribution < 1.29 is 28.3 Å². The highest BCUT2D eigenvalue weighted by Crippen LogP contribution is 2.54. The second kappa shape index (κ2) is 8.80. The van der Waals surface area contributed by atoms with E-state index in [4.69, 9.17) is 4.74 Å². The van der Waals surface area contributed by atoms with Crippen LogP contribution in [0.2, 0.25) is 0 Å². The maximum Gasteiger partial charge on any atom is 0.331 e. The molecule has 7 nitrogen and oxygen atoms in total. The molecule has 2 aliphatic rings. The smallest absolute Gasteiger partial charge is 0.331 e. The third-order valence-corrected chi connectivity index (χ3v) is 7.05. The number of amides is 2. The summed E-state index contributed by atoms with van der Waals surface area (Å²) in [4.78, 5) is 54.4. The van der Waals surface area contributed by atoms with Gasteiger partial charge in [-0.3, -0.25) is 19.7 Å². The van der Waals surface area contributed by atoms with Gasteiger partial charge in [-0.05, 0) is 30.7 Å². The van der Waals surface area contributed by atoms with Crippen molar-refractivity contribution in [3.63, 3.8) is 0 Å². The van der Waals surface area contributed by atoms with Gasteiger partial charge in [-0.25, -0.2) is 14.1 Å². The Hall–Kier alpha value is -4.17. The van der Waals surface area contributed by atoms with E-state index < -0.39 is 47.0 Å². The summed E-state index contributed by atoms with van der Waals surface area (Å²) in [6.45, 7) is 1.39. The van der Waals surface area contributed by atoms with E-state index in [0.29, 0.717) is 11.1 Å². The van der Waals surface area contributed by atoms with Gasteiger partial charge in [-0.1, -0.05) is 60.7 Å². The third kappa shape index (κ3) is 3.37. The van der Waals surface area contributed by atoms with E-state index in [0.717, 1.165) is 4.90 Å². The van der Waals surface area contributed by atoms with Gasteiger partial charge in [0.15, 0.2) is 11.3 Å². The van der Waals surface area contributed by atoms with E-state index in [2.05, 4.69) is 5.32 Å². The van der Waals surface area contributed by atoms with E-state index in [1.54, 1.807) is 54.6 Å². The Labute approximate surface area is 206 Å². The summed E-state index contributed by atoms with van der Waals surface area (Å²) in [5.74, 6) is -5.10. The highest BCUT2D eigenvalue weighted by molar-refractivity contribution is 6.24. The Morgan fingerprint density at radius 1 is 0.944 bits per heavy atom. The number of rotatable bonds is 5. The molecular formula is C28H23FN2O5. The molecule has 2 aliphatic heterocycles. The Balaban J connectivity index is 1.74. The molecule has 2 saturated heterocycles. The second-order valence-electron chi connectivity index (χ2n) is 8.93. The number of benzene rings is 3. The molecule has 2 amide bonds. The first-order chi connectivity index (χ1) is 17.3. The molecule has 3 aromatic carbocycles. The van der Waals surface area contributed by atoms with Crippen molar-refractivity contribution in [2.75, 3.05) is 12.0 Å². The third-order valence-electron chi connectivity index (χ3n) is 7.05. The lowest BCUT2D eigenvalue weighted by atomic mass is 9.75. The normalized spacial score (nSPS) is 25.1. The van der Waals surface area contributed by atoms with E-state index in [1.165, 1.54) is 38.3 Å². The minimum Gasteiger partial charge on any atom is -0.467 e. The molecule has 1 N–H and O–H groups in total. The lowest BCUT2D eigenvalue weighted by Crippen LogP contribution is -2.53. The fourth-order valence-electron chi connectivity index (χ4n) is 5.45. The maximum absolute atomic E-state index is 15.0. The number of anilines is 1. The first-order valence-electron chi connectivity index (χ1n) is 11.5.